The number of carbonyl (C=O) groups is 1. The lowest BCUT2D eigenvalue weighted by atomic mass is 10.2. The maximum Gasteiger partial charge on any atom is 0.272 e. The summed E-state index contributed by atoms with van der Waals surface area (Å²) in [6.07, 6.45) is 3.34. The molecule has 0 aliphatic heterocycles. The zero-order valence-electron chi connectivity index (χ0n) is 7.32. The molecule has 0 radical (unpaired) electrons. The second-order valence-electron chi connectivity index (χ2n) is 2.60. The molecule has 1 unspecified atom stereocenters. The first kappa shape index (κ1) is 13.1. The van der Waals surface area contributed by atoms with Crippen molar-refractivity contribution in [3.8, 4) is 0 Å². The van der Waals surface area contributed by atoms with Crippen molar-refractivity contribution in [2.24, 2.45) is 0 Å². The van der Waals surface area contributed by atoms with Crippen LogP contribution in [0.4, 0.5) is 0 Å². The number of nitrogens with one attached hydrogen (secondary N) is 1. The molecule has 5 heteroatoms. The van der Waals surface area contributed by atoms with Crippen molar-refractivity contribution in [2.45, 2.75) is 29.6 Å². The van der Waals surface area contributed by atoms with Crippen molar-refractivity contribution in [3.63, 3.8) is 0 Å². The monoisotopic (exact) mass is 243 g/mol. The van der Waals surface area contributed by atoms with Crippen molar-refractivity contribution >= 4 is 40.7 Å². The van der Waals surface area contributed by atoms with E-state index in [4.69, 9.17) is 34.8 Å². The van der Waals surface area contributed by atoms with E-state index in [-0.39, 0.29) is 6.04 Å². The maximum absolute atomic E-state index is 11.2. The first-order chi connectivity index (χ1) is 5.91. The van der Waals surface area contributed by atoms with Gasteiger partial charge < -0.3 is 5.32 Å². The summed E-state index contributed by atoms with van der Waals surface area (Å²) >= 11 is 16.1. The number of rotatable bonds is 4. The minimum absolute atomic E-state index is 0.131. The molecule has 0 heterocycles. The van der Waals surface area contributed by atoms with Gasteiger partial charge in [-0.3, -0.25) is 4.79 Å². The SMILES string of the molecule is C=CC(CCC)NC(=O)C(Cl)(Cl)Cl. The predicted octanol–water partition coefficient (Wildman–Crippen LogP) is 2.83. The van der Waals surface area contributed by atoms with Crippen LogP contribution >= 0.6 is 34.8 Å². The summed E-state index contributed by atoms with van der Waals surface area (Å²) in [4.78, 5) is 11.2. The topological polar surface area (TPSA) is 29.1 Å². The lowest BCUT2D eigenvalue weighted by Gasteiger charge is -2.17. The van der Waals surface area contributed by atoms with E-state index in [1.54, 1.807) is 6.08 Å². The molecule has 0 rings (SSSR count). The van der Waals surface area contributed by atoms with E-state index in [1.165, 1.54) is 0 Å². The minimum atomic E-state index is -1.89. The predicted molar refractivity (Wildman–Crippen MR) is 57.3 cm³/mol. The molecular weight excluding hydrogens is 232 g/mol. The maximum atomic E-state index is 11.2. The van der Waals surface area contributed by atoms with Gasteiger partial charge in [0.1, 0.15) is 0 Å². The van der Waals surface area contributed by atoms with Crippen molar-refractivity contribution in [3.05, 3.63) is 12.7 Å². The van der Waals surface area contributed by atoms with Crippen molar-refractivity contribution in [2.75, 3.05) is 0 Å². The average Bonchev–Trinajstić information content (AvgIpc) is 2.01. The second kappa shape index (κ2) is 5.74. The van der Waals surface area contributed by atoms with Gasteiger partial charge in [0.2, 0.25) is 0 Å². The van der Waals surface area contributed by atoms with Gasteiger partial charge in [-0.1, -0.05) is 54.2 Å². The normalized spacial score (nSPS) is 13.5. The zero-order valence-corrected chi connectivity index (χ0v) is 9.59. The summed E-state index contributed by atoms with van der Waals surface area (Å²) in [5.41, 5.74) is 0. The standard InChI is InChI=1S/C8H12Cl3NO/c1-3-5-6(4-2)12-7(13)8(9,10)11/h4,6H,2-3,5H2,1H3,(H,12,13). The summed E-state index contributed by atoms with van der Waals surface area (Å²) in [5, 5.41) is 2.55. The van der Waals surface area contributed by atoms with E-state index in [9.17, 15) is 4.79 Å². The van der Waals surface area contributed by atoms with Gasteiger partial charge in [-0.15, -0.1) is 6.58 Å². The summed E-state index contributed by atoms with van der Waals surface area (Å²) in [7, 11) is 0. The zero-order chi connectivity index (χ0) is 10.5. The van der Waals surface area contributed by atoms with Gasteiger partial charge in [0.15, 0.2) is 0 Å². The van der Waals surface area contributed by atoms with Crippen LogP contribution in [0.1, 0.15) is 19.8 Å². The van der Waals surface area contributed by atoms with E-state index in [0.717, 1.165) is 12.8 Å². The van der Waals surface area contributed by atoms with Crippen LogP contribution in [0.15, 0.2) is 12.7 Å². The molecule has 0 aromatic carbocycles. The Morgan fingerprint density at radius 3 is 2.46 bits per heavy atom. The first-order valence-electron chi connectivity index (χ1n) is 3.92. The van der Waals surface area contributed by atoms with Gasteiger partial charge in [0, 0.05) is 6.04 Å². The lowest BCUT2D eigenvalue weighted by Crippen LogP contribution is -2.40. The van der Waals surface area contributed by atoms with Crippen LogP contribution in [0.5, 0.6) is 0 Å². The number of carbonyl (C=O) groups excluding carboxylic acids is 1. The van der Waals surface area contributed by atoms with Gasteiger partial charge in [-0.05, 0) is 6.42 Å². The first-order valence-corrected chi connectivity index (χ1v) is 5.05. The Kier molecular flexibility index (Phi) is 5.77. The molecule has 1 N–H and O–H groups in total. The molecule has 0 aromatic heterocycles. The minimum Gasteiger partial charge on any atom is -0.346 e. The van der Waals surface area contributed by atoms with E-state index in [1.807, 2.05) is 6.92 Å². The molecule has 1 atom stereocenters. The van der Waals surface area contributed by atoms with Gasteiger partial charge in [-0.2, -0.15) is 0 Å². The van der Waals surface area contributed by atoms with Crippen LogP contribution < -0.4 is 5.32 Å². The molecule has 0 bridgehead atoms. The van der Waals surface area contributed by atoms with Crippen LogP contribution in [0.25, 0.3) is 0 Å². The molecule has 2 nitrogen and oxygen atoms in total. The Labute approximate surface area is 93.2 Å². The van der Waals surface area contributed by atoms with Crippen LogP contribution in [0.3, 0.4) is 0 Å². The van der Waals surface area contributed by atoms with Crippen LogP contribution in [0, 0.1) is 0 Å². The quantitative estimate of drug-likeness (QED) is 0.598. The van der Waals surface area contributed by atoms with Crippen LogP contribution in [0.2, 0.25) is 0 Å². The molecule has 0 spiro atoms. The van der Waals surface area contributed by atoms with Crippen LogP contribution in [-0.2, 0) is 4.79 Å². The lowest BCUT2D eigenvalue weighted by molar-refractivity contribution is -0.120. The van der Waals surface area contributed by atoms with Crippen molar-refractivity contribution < 1.29 is 4.79 Å². The number of hydrogen-bond donors (Lipinski definition) is 1. The fourth-order valence-corrected chi connectivity index (χ4v) is 0.974. The Morgan fingerprint density at radius 1 is 1.62 bits per heavy atom. The van der Waals surface area contributed by atoms with Crippen molar-refractivity contribution in [1.29, 1.82) is 0 Å². The third-order valence-corrected chi connectivity index (χ3v) is 1.97. The molecule has 0 saturated carbocycles. The highest BCUT2D eigenvalue weighted by molar-refractivity contribution is 6.76. The van der Waals surface area contributed by atoms with Gasteiger partial charge in [0.25, 0.3) is 9.70 Å². The number of amides is 1. The van der Waals surface area contributed by atoms with E-state index in [2.05, 4.69) is 11.9 Å². The van der Waals surface area contributed by atoms with Crippen molar-refractivity contribution in [1.82, 2.24) is 5.32 Å². The molecule has 0 saturated heterocycles. The third-order valence-electron chi connectivity index (χ3n) is 1.46. The smallest absolute Gasteiger partial charge is 0.272 e. The highest BCUT2D eigenvalue weighted by Gasteiger charge is 2.31. The Morgan fingerprint density at radius 2 is 2.15 bits per heavy atom. The molecule has 13 heavy (non-hydrogen) atoms. The molecule has 0 aliphatic carbocycles. The number of hydrogen-bond acceptors (Lipinski definition) is 1. The Balaban J connectivity index is 4.09. The summed E-state index contributed by atoms with van der Waals surface area (Å²) in [5.74, 6) is -0.615. The largest absolute Gasteiger partial charge is 0.346 e. The highest BCUT2D eigenvalue weighted by atomic mass is 35.6. The van der Waals surface area contributed by atoms with Gasteiger partial charge in [0.05, 0.1) is 0 Å². The molecule has 76 valence electrons. The van der Waals surface area contributed by atoms with Crippen LogP contribution in [-0.4, -0.2) is 15.7 Å². The number of alkyl halides is 3. The average molecular weight is 245 g/mol. The molecule has 0 aliphatic rings. The summed E-state index contributed by atoms with van der Waals surface area (Å²) in [6.45, 7) is 5.57. The molecule has 0 fully saturated rings. The number of halogens is 3. The van der Waals surface area contributed by atoms with E-state index >= 15 is 0 Å². The Hall–Kier alpha value is 0.0800. The highest BCUT2D eigenvalue weighted by Crippen LogP contribution is 2.26. The third kappa shape index (κ3) is 5.40. The molecular formula is C8H12Cl3NO. The second-order valence-corrected chi connectivity index (χ2v) is 4.88. The summed E-state index contributed by atoms with van der Waals surface area (Å²) in [6, 6.07) is -0.131. The molecule has 1 amide bonds. The van der Waals surface area contributed by atoms with E-state index in [0.29, 0.717) is 0 Å². The fourth-order valence-electron chi connectivity index (χ4n) is 0.810. The summed E-state index contributed by atoms with van der Waals surface area (Å²) < 4.78 is -1.89. The van der Waals surface area contributed by atoms with Gasteiger partial charge >= 0.3 is 0 Å². The Bertz CT molecular complexity index is 188. The fraction of sp³-hybridized carbons (Fsp3) is 0.625. The van der Waals surface area contributed by atoms with Gasteiger partial charge in [-0.25, -0.2) is 0 Å². The molecule has 0 aromatic rings. The van der Waals surface area contributed by atoms with E-state index < -0.39 is 9.70 Å².